The summed E-state index contributed by atoms with van der Waals surface area (Å²) in [7, 11) is -4.30. The highest BCUT2D eigenvalue weighted by molar-refractivity contribution is 7.47. The first kappa shape index (κ1) is 44.5. The summed E-state index contributed by atoms with van der Waals surface area (Å²) in [5.41, 5.74) is 5.35. The summed E-state index contributed by atoms with van der Waals surface area (Å²) in [6, 6.07) is -0.765. The van der Waals surface area contributed by atoms with Crippen molar-refractivity contribution in [3.05, 3.63) is 0 Å². The normalized spacial score (nSPS) is 14.3. The maximum atomic E-state index is 12.7. The molecule has 5 N–H and O–H groups in total. The molecule has 0 fully saturated rings. The lowest BCUT2D eigenvalue weighted by atomic mass is 10.0. The average Bonchev–Trinajstić information content (AvgIpc) is 3.02. The van der Waals surface area contributed by atoms with Gasteiger partial charge in [0.05, 0.1) is 25.4 Å². The summed E-state index contributed by atoms with van der Waals surface area (Å²) >= 11 is 0. The predicted octanol–water partition coefficient (Wildman–Crippen LogP) is 9.89. The number of hydrogen-bond donors (Lipinski definition) is 4. The van der Waals surface area contributed by atoms with Crippen molar-refractivity contribution in [1.82, 2.24) is 5.32 Å². The lowest BCUT2D eigenvalue weighted by molar-refractivity contribution is -0.123. The van der Waals surface area contributed by atoms with Gasteiger partial charge in [0.25, 0.3) is 0 Å². The van der Waals surface area contributed by atoms with Gasteiger partial charge in [0.1, 0.15) is 0 Å². The number of phosphoric ester groups is 1. The SMILES string of the molecule is CCCCCCCCCCCCCCCCCCC(=O)NC(COP(=O)(O)OCCN)C(O)CCCCCCCCCCCC. The first-order chi connectivity index (χ1) is 21.9. The molecule has 0 spiro atoms. The van der Waals surface area contributed by atoms with E-state index in [0.717, 1.165) is 38.5 Å². The number of nitrogens with two attached hydrogens (primary N) is 1. The Morgan fingerprint density at radius 3 is 1.42 bits per heavy atom. The molecule has 0 radical (unpaired) electrons. The van der Waals surface area contributed by atoms with Crippen LogP contribution >= 0.6 is 7.82 Å². The van der Waals surface area contributed by atoms with Gasteiger partial charge in [0.15, 0.2) is 0 Å². The highest BCUT2D eigenvalue weighted by Gasteiger charge is 2.27. The molecule has 0 aromatic rings. The summed E-state index contributed by atoms with van der Waals surface area (Å²) in [5, 5.41) is 13.7. The van der Waals surface area contributed by atoms with Gasteiger partial charge in [-0.15, -0.1) is 0 Å². The fourth-order valence-electron chi connectivity index (χ4n) is 5.78. The van der Waals surface area contributed by atoms with Gasteiger partial charge in [-0.05, 0) is 12.8 Å². The molecule has 0 bridgehead atoms. The van der Waals surface area contributed by atoms with Crippen LogP contribution in [0.25, 0.3) is 0 Å². The van der Waals surface area contributed by atoms with Crippen molar-refractivity contribution in [1.29, 1.82) is 0 Å². The van der Waals surface area contributed by atoms with E-state index in [1.807, 2.05) is 0 Å². The Hall–Kier alpha value is -0.500. The zero-order valence-corrected chi connectivity index (χ0v) is 30.5. The average molecular weight is 663 g/mol. The van der Waals surface area contributed by atoms with Crippen LogP contribution in [-0.4, -0.2) is 47.8 Å². The Labute approximate surface area is 278 Å². The third kappa shape index (κ3) is 31.8. The van der Waals surface area contributed by atoms with Crippen LogP contribution in [0.15, 0.2) is 0 Å². The third-order valence-corrected chi connectivity index (χ3v) is 9.70. The number of aliphatic hydroxyl groups is 1. The van der Waals surface area contributed by atoms with Gasteiger partial charge in [0.2, 0.25) is 5.91 Å². The van der Waals surface area contributed by atoms with Gasteiger partial charge in [-0.25, -0.2) is 4.57 Å². The Morgan fingerprint density at radius 1 is 0.644 bits per heavy atom. The largest absolute Gasteiger partial charge is 0.472 e. The molecule has 9 heteroatoms. The zero-order chi connectivity index (χ0) is 33.3. The van der Waals surface area contributed by atoms with E-state index >= 15 is 0 Å². The molecule has 3 atom stereocenters. The van der Waals surface area contributed by atoms with Crippen LogP contribution in [-0.2, 0) is 18.4 Å². The van der Waals surface area contributed by atoms with Gasteiger partial charge in [-0.2, -0.15) is 0 Å². The molecule has 0 aromatic heterocycles. The topological polar surface area (TPSA) is 131 Å². The smallest absolute Gasteiger partial charge is 0.391 e. The predicted molar refractivity (Wildman–Crippen MR) is 189 cm³/mol. The molecule has 1 amide bonds. The number of nitrogens with one attached hydrogen (secondary N) is 1. The molecule has 8 nitrogen and oxygen atoms in total. The lowest BCUT2D eigenvalue weighted by Gasteiger charge is -2.25. The molecule has 45 heavy (non-hydrogen) atoms. The second-order valence-corrected chi connectivity index (χ2v) is 14.6. The molecule has 0 aromatic carbocycles. The number of carbonyl (C=O) groups is 1. The molecular weight excluding hydrogens is 587 g/mol. The van der Waals surface area contributed by atoms with E-state index < -0.39 is 20.0 Å². The quantitative estimate of drug-likeness (QED) is 0.0388. The molecular formula is C36H75N2O6P. The van der Waals surface area contributed by atoms with Crippen LogP contribution in [0.4, 0.5) is 0 Å². The Morgan fingerprint density at radius 2 is 1.02 bits per heavy atom. The van der Waals surface area contributed by atoms with E-state index in [1.165, 1.54) is 128 Å². The number of rotatable bonds is 36. The second kappa shape index (κ2) is 33.4. The second-order valence-electron chi connectivity index (χ2n) is 13.2. The molecule has 0 saturated heterocycles. The van der Waals surface area contributed by atoms with Gasteiger partial charge < -0.3 is 21.1 Å². The zero-order valence-electron chi connectivity index (χ0n) is 29.6. The molecule has 0 aliphatic rings. The summed E-state index contributed by atoms with van der Waals surface area (Å²) < 4.78 is 22.1. The van der Waals surface area contributed by atoms with E-state index in [0.29, 0.717) is 12.8 Å². The molecule has 0 rings (SSSR count). The standard InChI is InChI=1S/C36H75N2O6P/c1-3-5-7-9-11-13-15-16-17-18-19-20-22-24-26-28-30-36(40)38-34(33-44-45(41,42)43-32-31-37)35(39)29-27-25-23-21-14-12-10-8-6-4-2/h34-35,39H,3-33,37H2,1-2H3,(H,38,40)(H,41,42). The summed E-state index contributed by atoms with van der Waals surface area (Å²) in [4.78, 5) is 22.6. The highest BCUT2D eigenvalue weighted by atomic mass is 31.2. The molecule has 0 heterocycles. The molecule has 270 valence electrons. The first-order valence-corrected chi connectivity index (χ1v) is 20.6. The molecule has 3 unspecified atom stereocenters. The minimum absolute atomic E-state index is 0.0920. The third-order valence-electron chi connectivity index (χ3n) is 8.71. The van der Waals surface area contributed by atoms with Crippen molar-refractivity contribution in [2.24, 2.45) is 5.73 Å². The first-order valence-electron chi connectivity index (χ1n) is 19.2. The van der Waals surface area contributed by atoms with Gasteiger partial charge >= 0.3 is 7.82 Å². The number of phosphoric acid groups is 1. The van der Waals surface area contributed by atoms with Crippen LogP contribution in [0, 0.1) is 0 Å². The van der Waals surface area contributed by atoms with Crippen LogP contribution in [0.2, 0.25) is 0 Å². The fraction of sp³-hybridized carbons (Fsp3) is 0.972. The number of amides is 1. The number of unbranched alkanes of at least 4 members (excludes halogenated alkanes) is 24. The molecule has 0 saturated carbocycles. The van der Waals surface area contributed by atoms with Crippen molar-refractivity contribution in [2.45, 2.75) is 206 Å². The lowest BCUT2D eigenvalue weighted by Crippen LogP contribution is -2.46. The van der Waals surface area contributed by atoms with E-state index in [9.17, 15) is 19.4 Å². The minimum atomic E-state index is -4.30. The van der Waals surface area contributed by atoms with E-state index in [4.69, 9.17) is 14.8 Å². The van der Waals surface area contributed by atoms with Crippen LogP contribution < -0.4 is 11.1 Å². The summed E-state index contributed by atoms with van der Waals surface area (Å²) in [6.45, 7) is 4.20. The van der Waals surface area contributed by atoms with Crippen molar-refractivity contribution in [2.75, 3.05) is 19.8 Å². The fourth-order valence-corrected chi connectivity index (χ4v) is 6.54. The van der Waals surface area contributed by atoms with E-state index in [2.05, 4.69) is 19.2 Å². The van der Waals surface area contributed by atoms with Crippen molar-refractivity contribution >= 4 is 13.7 Å². The highest BCUT2D eigenvalue weighted by Crippen LogP contribution is 2.43. The van der Waals surface area contributed by atoms with Gasteiger partial charge in [-0.3, -0.25) is 13.8 Å². The van der Waals surface area contributed by atoms with Crippen molar-refractivity contribution < 1.29 is 28.4 Å². The molecule has 0 aliphatic carbocycles. The Balaban J connectivity index is 4.16. The van der Waals surface area contributed by atoms with Crippen molar-refractivity contribution in [3.63, 3.8) is 0 Å². The minimum Gasteiger partial charge on any atom is -0.391 e. The van der Waals surface area contributed by atoms with Crippen LogP contribution in [0.5, 0.6) is 0 Å². The van der Waals surface area contributed by atoms with Crippen LogP contribution in [0.1, 0.15) is 194 Å². The van der Waals surface area contributed by atoms with E-state index in [1.54, 1.807) is 0 Å². The van der Waals surface area contributed by atoms with E-state index in [-0.39, 0.29) is 25.7 Å². The number of carbonyl (C=O) groups excluding carboxylic acids is 1. The van der Waals surface area contributed by atoms with Gasteiger partial charge in [0, 0.05) is 13.0 Å². The van der Waals surface area contributed by atoms with Crippen molar-refractivity contribution in [3.8, 4) is 0 Å². The van der Waals surface area contributed by atoms with Gasteiger partial charge in [-0.1, -0.05) is 174 Å². The molecule has 0 aliphatic heterocycles. The monoisotopic (exact) mass is 663 g/mol. The maximum Gasteiger partial charge on any atom is 0.472 e. The Kier molecular flexibility index (Phi) is 33.0. The number of aliphatic hydroxyl groups excluding tert-OH is 1. The van der Waals surface area contributed by atoms with Crippen LogP contribution in [0.3, 0.4) is 0 Å². The number of hydrogen-bond acceptors (Lipinski definition) is 6. The maximum absolute atomic E-state index is 12.7. The summed E-state index contributed by atoms with van der Waals surface area (Å²) in [6.07, 6.45) is 32.5. The summed E-state index contributed by atoms with van der Waals surface area (Å²) in [5.74, 6) is -0.160. The Bertz CT molecular complexity index is 684.